The number of aryl methyl sites for hydroxylation is 1. The molecule has 0 aliphatic carbocycles. The molecule has 1 aromatic carbocycles. The minimum absolute atomic E-state index is 0.120. The Labute approximate surface area is 145 Å². The van der Waals surface area contributed by atoms with Crippen LogP contribution in [-0.4, -0.2) is 38.4 Å². The number of H-pyrrole nitrogens is 1. The lowest BCUT2D eigenvalue weighted by Crippen LogP contribution is -2.41. The van der Waals surface area contributed by atoms with Crippen LogP contribution in [0.3, 0.4) is 0 Å². The minimum Gasteiger partial charge on any atom is -0.335 e. The van der Waals surface area contributed by atoms with Gasteiger partial charge in [-0.3, -0.25) is 9.59 Å². The second-order valence-electron chi connectivity index (χ2n) is 6.53. The Bertz CT molecular complexity index is 988. The van der Waals surface area contributed by atoms with E-state index in [1.807, 2.05) is 36.2 Å². The Morgan fingerprint density at radius 2 is 2.16 bits per heavy atom. The molecule has 0 unspecified atom stereocenters. The highest BCUT2D eigenvalue weighted by Gasteiger charge is 2.26. The molecule has 1 aliphatic heterocycles. The first-order valence-corrected chi connectivity index (χ1v) is 8.54. The van der Waals surface area contributed by atoms with Crippen molar-refractivity contribution in [3.63, 3.8) is 0 Å². The molecular weight excluding hydrogens is 316 g/mol. The van der Waals surface area contributed by atoms with Crippen molar-refractivity contribution in [3.8, 4) is 0 Å². The maximum Gasteiger partial charge on any atom is 0.270 e. The number of aromatic amines is 1. The summed E-state index contributed by atoms with van der Waals surface area (Å²) in [5.41, 5.74) is 0.132. The minimum atomic E-state index is -0.222. The average Bonchev–Trinajstić information content (AvgIpc) is 3.07. The molecule has 25 heavy (non-hydrogen) atoms. The van der Waals surface area contributed by atoms with E-state index in [9.17, 15) is 9.59 Å². The molecule has 0 spiro atoms. The number of hydrogen-bond acceptors (Lipinski definition) is 3. The van der Waals surface area contributed by atoms with Gasteiger partial charge in [0.15, 0.2) is 0 Å². The van der Waals surface area contributed by atoms with Gasteiger partial charge in [-0.15, -0.1) is 0 Å². The molecule has 1 N–H and O–H groups in total. The molecule has 2 aromatic heterocycles. The van der Waals surface area contributed by atoms with Crippen LogP contribution >= 0.6 is 0 Å². The van der Waals surface area contributed by atoms with Gasteiger partial charge in [0, 0.05) is 30.9 Å². The van der Waals surface area contributed by atoms with Gasteiger partial charge in [0.2, 0.25) is 0 Å². The molecule has 1 fully saturated rings. The number of likely N-dealkylation sites (tertiary alicyclic amines) is 1. The van der Waals surface area contributed by atoms with E-state index in [0.717, 1.165) is 24.1 Å². The maximum atomic E-state index is 12.9. The first-order valence-electron chi connectivity index (χ1n) is 8.54. The Hall–Kier alpha value is -2.89. The monoisotopic (exact) mass is 336 g/mol. The first kappa shape index (κ1) is 15.6. The smallest absolute Gasteiger partial charge is 0.270 e. The van der Waals surface area contributed by atoms with Crippen molar-refractivity contribution in [1.82, 2.24) is 19.4 Å². The molecule has 6 heteroatoms. The third-order valence-electron chi connectivity index (χ3n) is 4.92. The Kier molecular flexibility index (Phi) is 3.87. The highest BCUT2D eigenvalue weighted by molar-refractivity contribution is 5.96. The summed E-state index contributed by atoms with van der Waals surface area (Å²) in [5.74, 6) is 0.837. The third kappa shape index (κ3) is 2.84. The predicted molar refractivity (Wildman–Crippen MR) is 95.7 cm³/mol. The van der Waals surface area contributed by atoms with Crippen LogP contribution in [0, 0.1) is 6.92 Å². The van der Waals surface area contributed by atoms with Crippen LogP contribution in [0.15, 0.2) is 47.5 Å². The van der Waals surface area contributed by atoms with Crippen LogP contribution in [0.5, 0.6) is 0 Å². The summed E-state index contributed by atoms with van der Waals surface area (Å²) in [6.45, 7) is 3.31. The fourth-order valence-electron chi connectivity index (χ4n) is 3.64. The number of rotatable bonds is 2. The Morgan fingerprint density at radius 1 is 1.32 bits per heavy atom. The second-order valence-corrected chi connectivity index (χ2v) is 6.53. The molecule has 3 aromatic rings. The van der Waals surface area contributed by atoms with Gasteiger partial charge in [-0.25, -0.2) is 4.98 Å². The van der Waals surface area contributed by atoms with E-state index in [4.69, 9.17) is 0 Å². The van der Waals surface area contributed by atoms with Crippen molar-refractivity contribution in [2.75, 3.05) is 13.1 Å². The number of nitrogens with zero attached hydrogens (tertiary/aromatic N) is 3. The fraction of sp³-hybridized carbons (Fsp3) is 0.316. The van der Waals surface area contributed by atoms with Crippen LogP contribution in [0.2, 0.25) is 0 Å². The standard InChI is InChI=1S/C19H20N4O2/c1-13-20-8-10-23(13)15-6-4-9-22(12-15)19(25)17-11-14-5-2-3-7-16(14)18(24)21-17/h2-3,5,7-8,10-11,15H,4,6,9,12H2,1H3,(H,21,24)/t15-/m0/s1. The van der Waals surface area contributed by atoms with Crippen molar-refractivity contribution in [2.45, 2.75) is 25.8 Å². The zero-order valence-corrected chi connectivity index (χ0v) is 14.1. The first-order chi connectivity index (χ1) is 12.1. The SMILES string of the molecule is Cc1nccn1[C@H]1CCCN(C(=O)c2cc3ccccc3c(=O)[nH]2)C1. The van der Waals surface area contributed by atoms with Crippen LogP contribution < -0.4 is 5.56 Å². The van der Waals surface area contributed by atoms with Crippen LogP contribution in [0.1, 0.15) is 35.2 Å². The zero-order valence-electron chi connectivity index (χ0n) is 14.1. The van der Waals surface area contributed by atoms with E-state index in [2.05, 4.69) is 14.5 Å². The van der Waals surface area contributed by atoms with E-state index >= 15 is 0 Å². The van der Waals surface area contributed by atoms with E-state index in [-0.39, 0.29) is 17.5 Å². The van der Waals surface area contributed by atoms with Gasteiger partial charge in [0.05, 0.1) is 6.04 Å². The molecule has 1 aliphatic rings. The van der Waals surface area contributed by atoms with Crippen LogP contribution in [0.4, 0.5) is 0 Å². The summed E-state index contributed by atoms with van der Waals surface area (Å²) < 4.78 is 2.13. The van der Waals surface area contributed by atoms with Crippen molar-refractivity contribution in [1.29, 1.82) is 0 Å². The molecule has 1 atom stereocenters. The summed E-state index contributed by atoms with van der Waals surface area (Å²) in [5, 5.41) is 1.39. The molecule has 128 valence electrons. The summed E-state index contributed by atoms with van der Waals surface area (Å²) in [7, 11) is 0. The predicted octanol–water partition coefficient (Wildman–Crippen LogP) is 2.51. The van der Waals surface area contributed by atoms with Crippen molar-refractivity contribution < 1.29 is 4.79 Å². The number of hydrogen-bond donors (Lipinski definition) is 1. The number of nitrogens with one attached hydrogen (secondary N) is 1. The number of piperidine rings is 1. The van der Waals surface area contributed by atoms with Crippen molar-refractivity contribution >= 4 is 16.7 Å². The molecule has 0 radical (unpaired) electrons. The number of fused-ring (bicyclic) bond motifs is 1. The molecule has 1 amide bonds. The summed E-state index contributed by atoms with van der Waals surface area (Å²) in [6.07, 6.45) is 5.71. The Balaban J connectivity index is 1.62. The average molecular weight is 336 g/mol. The van der Waals surface area contributed by atoms with Gasteiger partial charge in [-0.2, -0.15) is 0 Å². The lowest BCUT2D eigenvalue weighted by Gasteiger charge is -2.33. The van der Waals surface area contributed by atoms with Gasteiger partial charge >= 0.3 is 0 Å². The fourth-order valence-corrected chi connectivity index (χ4v) is 3.64. The highest BCUT2D eigenvalue weighted by atomic mass is 16.2. The number of amides is 1. The summed E-state index contributed by atoms with van der Waals surface area (Å²) >= 11 is 0. The number of carbonyl (C=O) groups is 1. The molecule has 1 saturated heterocycles. The number of carbonyl (C=O) groups excluding carboxylic acids is 1. The largest absolute Gasteiger partial charge is 0.335 e. The van der Waals surface area contributed by atoms with Gasteiger partial charge in [0.25, 0.3) is 11.5 Å². The Morgan fingerprint density at radius 3 is 2.96 bits per heavy atom. The van der Waals surface area contributed by atoms with Gasteiger partial charge in [0.1, 0.15) is 11.5 Å². The van der Waals surface area contributed by atoms with Crippen LogP contribution in [0.25, 0.3) is 10.8 Å². The molecule has 6 nitrogen and oxygen atoms in total. The van der Waals surface area contributed by atoms with Gasteiger partial charge in [-0.05, 0) is 37.3 Å². The normalized spacial score (nSPS) is 17.8. The highest BCUT2D eigenvalue weighted by Crippen LogP contribution is 2.24. The topological polar surface area (TPSA) is 71.0 Å². The summed E-state index contributed by atoms with van der Waals surface area (Å²) in [6, 6.07) is 9.31. The van der Waals surface area contributed by atoms with Crippen molar-refractivity contribution in [3.05, 3.63) is 64.6 Å². The van der Waals surface area contributed by atoms with Gasteiger partial charge < -0.3 is 14.5 Å². The molecular formula is C19H20N4O2. The number of pyridine rings is 1. The number of imidazole rings is 1. The van der Waals surface area contributed by atoms with E-state index in [1.54, 1.807) is 18.3 Å². The van der Waals surface area contributed by atoms with Crippen LogP contribution in [-0.2, 0) is 0 Å². The molecule has 4 rings (SSSR count). The quantitative estimate of drug-likeness (QED) is 0.782. The number of benzene rings is 1. The lowest BCUT2D eigenvalue weighted by atomic mass is 10.0. The van der Waals surface area contributed by atoms with Crippen molar-refractivity contribution in [2.24, 2.45) is 0 Å². The van der Waals surface area contributed by atoms with E-state index in [1.165, 1.54) is 0 Å². The summed E-state index contributed by atoms with van der Waals surface area (Å²) in [4.78, 5) is 34.0. The third-order valence-corrected chi connectivity index (χ3v) is 4.92. The second kappa shape index (κ2) is 6.20. The van der Waals surface area contributed by atoms with E-state index in [0.29, 0.717) is 24.2 Å². The zero-order chi connectivity index (χ0) is 17.4. The molecule has 0 bridgehead atoms. The van der Waals surface area contributed by atoms with Gasteiger partial charge in [-0.1, -0.05) is 18.2 Å². The molecule has 0 saturated carbocycles. The lowest BCUT2D eigenvalue weighted by molar-refractivity contribution is 0.0672. The maximum absolute atomic E-state index is 12.9. The van der Waals surface area contributed by atoms with E-state index < -0.39 is 0 Å². The molecule has 3 heterocycles. The number of aromatic nitrogens is 3.